The van der Waals surface area contributed by atoms with Gasteiger partial charge in [0, 0.05) is 44.1 Å². The maximum Gasteiger partial charge on any atom is 0.254 e. The molecule has 138 valence electrons. The molecule has 2 aromatic heterocycles. The number of hydrogen-bond acceptors (Lipinski definition) is 5. The Morgan fingerprint density at radius 2 is 2.27 bits per heavy atom. The van der Waals surface area contributed by atoms with Crippen molar-refractivity contribution in [3.05, 3.63) is 47.5 Å². The summed E-state index contributed by atoms with van der Waals surface area (Å²) in [6, 6.07) is 5.29. The topological polar surface area (TPSA) is 96.3 Å². The molecule has 0 unspecified atom stereocenters. The van der Waals surface area contributed by atoms with Crippen LogP contribution < -0.4 is 0 Å². The van der Waals surface area contributed by atoms with E-state index in [9.17, 15) is 9.90 Å². The van der Waals surface area contributed by atoms with E-state index >= 15 is 0 Å². The number of ether oxygens (including phenoxy) is 1. The van der Waals surface area contributed by atoms with Gasteiger partial charge in [0.05, 0.1) is 23.8 Å². The molecule has 2 heterocycles. The molecule has 0 aliphatic rings. The van der Waals surface area contributed by atoms with E-state index in [1.165, 1.54) is 0 Å². The Bertz CT molecular complexity index is 886. The number of nitrogens with zero attached hydrogens (tertiary/aromatic N) is 4. The number of aromatic amines is 1. The van der Waals surface area contributed by atoms with Crippen LogP contribution in [0.5, 0.6) is 0 Å². The van der Waals surface area contributed by atoms with Gasteiger partial charge in [0.1, 0.15) is 12.4 Å². The number of nitrogens with one attached hydrogen (secondary N) is 1. The van der Waals surface area contributed by atoms with Crippen molar-refractivity contribution in [2.45, 2.75) is 26.6 Å². The highest BCUT2D eigenvalue weighted by atomic mass is 16.5. The summed E-state index contributed by atoms with van der Waals surface area (Å²) in [7, 11) is 1.62. The molecule has 3 rings (SSSR count). The van der Waals surface area contributed by atoms with Gasteiger partial charge >= 0.3 is 0 Å². The Labute approximate surface area is 151 Å². The lowest BCUT2D eigenvalue weighted by atomic mass is 10.1. The molecule has 0 saturated carbocycles. The van der Waals surface area contributed by atoms with Crippen LogP contribution in [0.25, 0.3) is 11.0 Å². The molecule has 26 heavy (non-hydrogen) atoms. The lowest BCUT2D eigenvalue weighted by molar-refractivity contribution is 0.0680. The molecule has 2 N–H and O–H groups in total. The van der Waals surface area contributed by atoms with Crippen molar-refractivity contribution in [3.63, 3.8) is 0 Å². The molecule has 0 radical (unpaired) electrons. The second kappa shape index (κ2) is 8.11. The largest absolute Gasteiger partial charge is 0.388 e. The summed E-state index contributed by atoms with van der Waals surface area (Å²) in [5.74, 6) is 0.390. The number of aromatic nitrogens is 4. The minimum absolute atomic E-state index is 0.0895. The highest BCUT2D eigenvalue weighted by Gasteiger charge is 2.18. The number of rotatable bonds is 8. The first kappa shape index (κ1) is 18.1. The second-order valence-electron chi connectivity index (χ2n) is 6.00. The molecule has 8 nitrogen and oxygen atoms in total. The van der Waals surface area contributed by atoms with Gasteiger partial charge < -0.3 is 19.7 Å². The van der Waals surface area contributed by atoms with Crippen LogP contribution in [0.15, 0.2) is 30.6 Å². The third-order valence-corrected chi connectivity index (χ3v) is 4.16. The van der Waals surface area contributed by atoms with Crippen LogP contribution in [-0.4, -0.2) is 55.9 Å². The summed E-state index contributed by atoms with van der Waals surface area (Å²) in [6.45, 7) is 4.04. The van der Waals surface area contributed by atoms with Crippen LogP contribution in [0.4, 0.5) is 0 Å². The number of methoxy groups -OCH3 is 1. The maximum atomic E-state index is 13.0. The Morgan fingerprint density at radius 1 is 1.42 bits per heavy atom. The van der Waals surface area contributed by atoms with E-state index in [0.717, 1.165) is 23.1 Å². The lowest BCUT2D eigenvalue weighted by Crippen LogP contribution is -2.33. The summed E-state index contributed by atoms with van der Waals surface area (Å²) in [5.41, 5.74) is 2.98. The monoisotopic (exact) mass is 357 g/mol. The number of hydrogen-bond donors (Lipinski definition) is 2. The first-order valence-electron chi connectivity index (χ1n) is 8.53. The number of aliphatic hydroxyl groups excluding tert-OH is 1. The number of aliphatic hydroxyl groups is 1. The number of carbonyl (C=O) groups is 1. The highest BCUT2D eigenvalue weighted by Crippen LogP contribution is 2.17. The standard InChI is InChI=1S/C18H23N5O3/c1-3-23-11-13(9-19-23)10-22(6-7-26-2)18(25)14-4-5-15-16(8-14)21-17(12-24)20-15/h4-5,8-9,11,24H,3,6-7,10,12H2,1-2H3,(H,20,21). The van der Waals surface area contributed by atoms with Crippen molar-refractivity contribution in [3.8, 4) is 0 Å². The fourth-order valence-corrected chi connectivity index (χ4v) is 2.79. The number of benzene rings is 1. The van der Waals surface area contributed by atoms with Crippen LogP contribution in [0.3, 0.4) is 0 Å². The average molecular weight is 357 g/mol. The molecule has 0 saturated heterocycles. The Hall–Kier alpha value is -2.71. The van der Waals surface area contributed by atoms with E-state index in [1.807, 2.05) is 17.8 Å². The number of fused-ring (bicyclic) bond motifs is 1. The third-order valence-electron chi connectivity index (χ3n) is 4.16. The molecule has 0 aliphatic carbocycles. The predicted molar refractivity (Wildman–Crippen MR) is 96.5 cm³/mol. The molecule has 3 aromatic rings. The lowest BCUT2D eigenvalue weighted by Gasteiger charge is -2.22. The molecule has 0 aliphatic heterocycles. The summed E-state index contributed by atoms with van der Waals surface area (Å²) in [5, 5.41) is 13.5. The van der Waals surface area contributed by atoms with Crippen molar-refractivity contribution in [1.29, 1.82) is 0 Å². The van der Waals surface area contributed by atoms with Crippen molar-refractivity contribution in [2.24, 2.45) is 0 Å². The highest BCUT2D eigenvalue weighted by molar-refractivity contribution is 5.97. The molecule has 1 aromatic carbocycles. The summed E-state index contributed by atoms with van der Waals surface area (Å²) in [4.78, 5) is 22.0. The van der Waals surface area contributed by atoms with Crippen LogP contribution >= 0.6 is 0 Å². The molecular formula is C18H23N5O3. The van der Waals surface area contributed by atoms with Crippen LogP contribution in [0, 0.1) is 0 Å². The van der Waals surface area contributed by atoms with E-state index in [-0.39, 0.29) is 12.5 Å². The van der Waals surface area contributed by atoms with Gasteiger partial charge in [0.15, 0.2) is 0 Å². The van der Waals surface area contributed by atoms with Crippen LogP contribution in [0.1, 0.15) is 28.7 Å². The number of imidazole rings is 1. The molecule has 0 atom stereocenters. The quantitative estimate of drug-likeness (QED) is 0.638. The zero-order valence-electron chi connectivity index (χ0n) is 15.0. The van der Waals surface area contributed by atoms with Gasteiger partial charge in [0.2, 0.25) is 0 Å². The summed E-state index contributed by atoms with van der Waals surface area (Å²) in [6.07, 6.45) is 3.72. The minimum atomic E-state index is -0.167. The summed E-state index contributed by atoms with van der Waals surface area (Å²) >= 11 is 0. The normalized spacial score (nSPS) is 11.2. The minimum Gasteiger partial charge on any atom is -0.388 e. The third kappa shape index (κ3) is 3.92. The molecule has 8 heteroatoms. The van der Waals surface area contributed by atoms with Crippen molar-refractivity contribution in [1.82, 2.24) is 24.6 Å². The number of amides is 1. The zero-order valence-corrected chi connectivity index (χ0v) is 15.0. The van der Waals surface area contributed by atoms with E-state index < -0.39 is 0 Å². The van der Waals surface area contributed by atoms with Gasteiger partial charge in [0.25, 0.3) is 5.91 Å². The summed E-state index contributed by atoms with van der Waals surface area (Å²) < 4.78 is 6.99. The number of carbonyl (C=O) groups excluding carboxylic acids is 1. The molecule has 0 bridgehead atoms. The first-order valence-corrected chi connectivity index (χ1v) is 8.53. The molecule has 0 spiro atoms. The molecule has 1 amide bonds. The number of H-pyrrole nitrogens is 1. The smallest absolute Gasteiger partial charge is 0.254 e. The second-order valence-corrected chi connectivity index (χ2v) is 6.00. The Morgan fingerprint density at radius 3 is 2.96 bits per heavy atom. The van der Waals surface area contributed by atoms with Crippen molar-refractivity contribution in [2.75, 3.05) is 20.3 Å². The predicted octanol–water partition coefficient (Wildman–Crippen LogP) is 1.56. The Balaban J connectivity index is 1.83. The fraction of sp³-hybridized carbons (Fsp3) is 0.389. The van der Waals surface area contributed by atoms with E-state index in [2.05, 4.69) is 15.1 Å². The van der Waals surface area contributed by atoms with Crippen molar-refractivity contribution >= 4 is 16.9 Å². The zero-order chi connectivity index (χ0) is 18.5. The van der Waals surface area contributed by atoms with Crippen molar-refractivity contribution < 1.29 is 14.6 Å². The van der Waals surface area contributed by atoms with E-state index in [1.54, 1.807) is 36.4 Å². The van der Waals surface area contributed by atoms with Crippen LogP contribution in [-0.2, 0) is 24.4 Å². The first-order chi connectivity index (χ1) is 12.6. The van der Waals surface area contributed by atoms with Gasteiger partial charge in [-0.3, -0.25) is 9.48 Å². The maximum absolute atomic E-state index is 13.0. The Kier molecular flexibility index (Phi) is 5.65. The van der Waals surface area contributed by atoms with E-state index in [4.69, 9.17) is 4.74 Å². The van der Waals surface area contributed by atoms with E-state index in [0.29, 0.717) is 31.1 Å². The fourth-order valence-electron chi connectivity index (χ4n) is 2.79. The van der Waals surface area contributed by atoms with Gasteiger partial charge in [-0.25, -0.2) is 4.98 Å². The van der Waals surface area contributed by atoms with Gasteiger partial charge in [-0.1, -0.05) is 0 Å². The molecule has 0 fully saturated rings. The molecular weight excluding hydrogens is 334 g/mol. The van der Waals surface area contributed by atoms with Crippen LogP contribution in [0.2, 0.25) is 0 Å². The average Bonchev–Trinajstić information content (AvgIpc) is 3.29. The number of aryl methyl sites for hydroxylation is 1. The van der Waals surface area contributed by atoms with Gasteiger partial charge in [-0.15, -0.1) is 0 Å². The SMILES string of the molecule is CCn1cc(CN(CCOC)C(=O)c2ccc3nc(CO)[nH]c3c2)cn1. The van der Waals surface area contributed by atoms with Gasteiger partial charge in [-0.05, 0) is 25.1 Å². The van der Waals surface area contributed by atoms with Gasteiger partial charge in [-0.2, -0.15) is 5.10 Å².